The third-order valence-electron chi connectivity index (χ3n) is 2.68. The number of halogens is 2. The molecule has 0 aromatic heterocycles. The summed E-state index contributed by atoms with van der Waals surface area (Å²) in [4.78, 5) is 11.7. The average Bonchev–Trinajstić information content (AvgIpc) is 2.43. The van der Waals surface area contributed by atoms with Gasteiger partial charge in [-0.25, -0.2) is 8.78 Å². The maximum absolute atomic E-state index is 12.9. The summed E-state index contributed by atoms with van der Waals surface area (Å²) in [7, 11) is 0. The summed E-state index contributed by atoms with van der Waals surface area (Å²) < 4.78 is 30.8. The molecule has 0 aliphatic rings. The van der Waals surface area contributed by atoms with Gasteiger partial charge in [-0.3, -0.25) is 4.79 Å². The first-order chi connectivity index (χ1) is 9.56. The van der Waals surface area contributed by atoms with Crippen LogP contribution in [0.5, 0.6) is 5.75 Å². The summed E-state index contributed by atoms with van der Waals surface area (Å²) in [5, 5.41) is 2.67. The smallest absolute Gasteiger partial charge is 0.262 e. The Morgan fingerprint density at radius 3 is 2.60 bits per heavy atom. The summed E-state index contributed by atoms with van der Waals surface area (Å²) in [6, 6.07) is 10.4. The van der Waals surface area contributed by atoms with E-state index in [2.05, 4.69) is 5.32 Å². The Kier molecular flexibility index (Phi) is 4.30. The van der Waals surface area contributed by atoms with Gasteiger partial charge in [0.1, 0.15) is 5.75 Å². The van der Waals surface area contributed by atoms with Gasteiger partial charge in [0.2, 0.25) is 0 Å². The highest BCUT2D eigenvalue weighted by molar-refractivity contribution is 5.92. The molecule has 2 aromatic carbocycles. The predicted octanol–water partition coefficient (Wildman–Crippen LogP) is 3.29. The Hall–Kier alpha value is -2.43. The number of carbonyl (C=O) groups is 1. The molecular formula is C15H13F2NO2. The van der Waals surface area contributed by atoms with E-state index in [9.17, 15) is 13.6 Å². The number of anilines is 1. The molecule has 0 bridgehead atoms. The molecule has 0 atom stereocenters. The molecule has 0 unspecified atom stereocenters. The number of rotatable bonds is 4. The van der Waals surface area contributed by atoms with E-state index in [0.717, 1.165) is 17.7 Å². The quantitative estimate of drug-likeness (QED) is 0.931. The van der Waals surface area contributed by atoms with Crippen LogP contribution in [0.3, 0.4) is 0 Å². The third-order valence-corrected chi connectivity index (χ3v) is 2.68. The molecule has 20 heavy (non-hydrogen) atoms. The van der Waals surface area contributed by atoms with Crippen molar-refractivity contribution in [3.63, 3.8) is 0 Å². The lowest BCUT2D eigenvalue weighted by atomic mass is 10.2. The Morgan fingerprint density at radius 2 is 1.90 bits per heavy atom. The van der Waals surface area contributed by atoms with Crippen LogP contribution in [0.2, 0.25) is 0 Å². The first-order valence-electron chi connectivity index (χ1n) is 5.99. The number of para-hydroxylation sites is 1. The minimum Gasteiger partial charge on any atom is -0.484 e. The second-order valence-electron chi connectivity index (χ2n) is 4.23. The van der Waals surface area contributed by atoms with Crippen molar-refractivity contribution in [3.8, 4) is 5.75 Å². The van der Waals surface area contributed by atoms with Crippen LogP contribution < -0.4 is 10.1 Å². The molecule has 0 saturated heterocycles. The molecule has 0 spiro atoms. The maximum Gasteiger partial charge on any atom is 0.262 e. The highest BCUT2D eigenvalue weighted by atomic mass is 19.2. The van der Waals surface area contributed by atoms with Gasteiger partial charge in [-0.05, 0) is 30.7 Å². The first kappa shape index (κ1) is 14.0. The summed E-state index contributed by atoms with van der Waals surface area (Å²) in [6.45, 7) is 1.59. The number of carbonyl (C=O) groups excluding carboxylic acids is 1. The van der Waals surface area contributed by atoms with Crippen molar-refractivity contribution in [2.45, 2.75) is 6.92 Å². The SMILES string of the molecule is Cc1ccccc1NC(=O)COc1ccc(F)c(F)c1. The lowest BCUT2D eigenvalue weighted by Crippen LogP contribution is -2.20. The Balaban J connectivity index is 1.92. The van der Waals surface area contributed by atoms with Gasteiger partial charge in [0, 0.05) is 11.8 Å². The van der Waals surface area contributed by atoms with Gasteiger partial charge in [-0.2, -0.15) is 0 Å². The Bertz CT molecular complexity index is 629. The summed E-state index contributed by atoms with van der Waals surface area (Å²) in [5.74, 6) is -2.24. The van der Waals surface area contributed by atoms with Crippen molar-refractivity contribution >= 4 is 11.6 Å². The highest BCUT2D eigenvalue weighted by Gasteiger charge is 2.07. The third kappa shape index (κ3) is 3.54. The van der Waals surface area contributed by atoms with E-state index in [1.165, 1.54) is 6.07 Å². The molecule has 0 aliphatic heterocycles. The van der Waals surface area contributed by atoms with Crippen LogP contribution in [0.15, 0.2) is 42.5 Å². The molecule has 2 aromatic rings. The van der Waals surface area contributed by atoms with E-state index < -0.39 is 11.6 Å². The van der Waals surface area contributed by atoms with Crippen molar-refractivity contribution in [2.24, 2.45) is 0 Å². The van der Waals surface area contributed by atoms with Gasteiger partial charge in [-0.15, -0.1) is 0 Å². The molecular weight excluding hydrogens is 264 g/mol. The first-order valence-corrected chi connectivity index (χ1v) is 5.99. The predicted molar refractivity (Wildman–Crippen MR) is 71.7 cm³/mol. The zero-order chi connectivity index (χ0) is 14.5. The highest BCUT2D eigenvalue weighted by Crippen LogP contribution is 2.16. The lowest BCUT2D eigenvalue weighted by molar-refractivity contribution is -0.118. The molecule has 0 radical (unpaired) electrons. The van der Waals surface area contributed by atoms with Gasteiger partial charge in [0.15, 0.2) is 18.2 Å². The molecule has 0 heterocycles. The van der Waals surface area contributed by atoms with Gasteiger partial charge in [-0.1, -0.05) is 18.2 Å². The van der Waals surface area contributed by atoms with Crippen LogP contribution in [0.4, 0.5) is 14.5 Å². The van der Waals surface area contributed by atoms with Crippen LogP contribution >= 0.6 is 0 Å². The molecule has 2 rings (SSSR count). The zero-order valence-corrected chi connectivity index (χ0v) is 10.8. The Labute approximate surface area is 115 Å². The fourth-order valence-corrected chi connectivity index (χ4v) is 1.61. The summed E-state index contributed by atoms with van der Waals surface area (Å²) in [5.41, 5.74) is 1.61. The molecule has 0 saturated carbocycles. The van der Waals surface area contributed by atoms with Crippen LogP contribution in [-0.4, -0.2) is 12.5 Å². The summed E-state index contributed by atoms with van der Waals surface area (Å²) >= 11 is 0. The van der Waals surface area contributed by atoms with Gasteiger partial charge < -0.3 is 10.1 Å². The van der Waals surface area contributed by atoms with E-state index in [-0.39, 0.29) is 18.3 Å². The van der Waals surface area contributed by atoms with Crippen molar-refractivity contribution in [2.75, 3.05) is 11.9 Å². The summed E-state index contributed by atoms with van der Waals surface area (Å²) in [6.07, 6.45) is 0. The largest absolute Gasteiger partial charge is 0.484 e. The standard InChI is InChI=1S/C15H13F2NO2/c1-10-4-2-3-5-14(10)18-15(19)9-20-11-6-7-12(16)13(17)8-11/h2-8H,9H2,1H3,(H,18,19). The van der Waals surface area contributed by atoms with E-state index in [1.54, 1.807) is 12.1 Å². The Morgan fingerprint density at radius 1 is 1.15 bits per heavy atom. The number of amides is 1. The van der Waals surface area contributed by atoms with Crippen LogP contribution in [0, 0.1) is 18.6 Å². The number of benzene rings is 2. The van der Waals surface area contributed by atoms with Crippen molar-refractivity contribution in [1.29, 1.82) is 0 Å². The average molecular weight is 277 g/mol. The normalized spacial score (nSPS) is 10.2. The maximum atomic E-state index is 12.9. The van der Waals surface area contributed by atoms with E-state index >= 15 is 0 Å². The topological polar surface area (TPSA) is 38.3 Å². The fraction of sp³-hybridized carbons (Fsp3) is 0.133. The van der Waals surface area contributed by atoms with Crippen molar-refractivity contribution in [1.82, 2.24) is 0 Å². The fourth-order valence-electron chi connectivity index (χ4n) is 1.61. The number of hydrogen-bond donors (Lipinski definition) is 1. The van der Waals surface area contributed by atoms with Crippen LogP contribution in [0.1, 0.15) is 5.56 Å². The van der Waals surface area contributed by atoms with Gasteiger partial charge in [0.25, 0.3) is 5.91 Å². The molecule has 1 N–H and O–H groups in total. The van der Waals surface area contributed by atoms with Crippen molar-refractivity contribution < 1.29 is 18.3 Å². The van der Waals surface area contributed by atoms with Crippen molar-refractivity contribution in [3.05, 3.63) is 59.7 Å². The number of nitrogens with one attached hydrogen (secondary N) is 1. The van der Waals surface area contributed by atoms with E-state index in [4.69, 9.17) is 4.74 Å². The molecule has 0 aliphatic carbocycles. The number of hydrogen-bond acceptors (Lipinski definition) is 2. The second kappa shape index (κ2) is 6.14. The number of ether oxygens (including phenoxy) is 1. The van der Waals surface area contributed by atoms with Gasteiger partial charge >= 0.3 is 0 Å². The van der Waals surface area contributed by atoms with E-state index in [0.29, 0.717) is 5.69 Å². The van der Waals surface area contributed by atoms with E-state index in [1.807, 2.05) is 19.1 Å². The molecule has 0 fully saturated rings. The second-order valence-corrected chi connectivity index (χ2v) is 4.23. The minimum atomic E-state index is -1.01. The monoisotopic (exact) mass is 277 g/mol. The number of aryl methyl sites for hydroxylation is 1. The minimum absolute atomic E-state index is 0.101. The van der Waals surface area contributed by atoms with Gasteiger partial charge in [0.05, 0.1) is 0 Å². The van der Waals surface area contributed by atoms with Crippen LogP contribution in [-0.2, 0) is 4.79 Å². The van der Waals surface area contributed by atoms with Crippen LogP contribution in [0.25, 0.3) is 0 Å². The zero-order valence-electron chi connectivity index (χ0n) is 10.8. The molecule has 1 amide bonds. The molecule has 104 valence electrons. The molecule has 5 heteroatoms. The lowest BCUT2D eigenvalue weighted by Gasteiger charge is -2.09. The molecule has 3 nitrogen and oxygen atoms in total.